The summed E-state index contributed by atoms with van der Waals surface area (Å²) in [7, 11) is 0. The summed E-state index contributed by atoms with van der Waals surface area (Å²) in [6.07, 6.45) is 8.51. The quantitative estimate of drug-likeness (QED) is 0.745. The van der Waals surface area contributed by atoms with Gasteiger partial charge in [0.1, 0.15) is 0 Å². The average Bonchev–Trinajstić information content (AvgIpc) is 2.57. The van der Waals surface area contributed by atoms with E-state index < -0.39 is 0 Å². The average molecular weight is 166 g/mol. The second kappa shape index (κ2) is 4.78. The maximum absolute atomic E-state index is 9.21. The Bertz CT molecular complexity index is 224. The number of aliphatic hydroxyl groups excluding tert-OH is 1. The zero-order valence-electron chi connectivity index (χ0n) is 7.23. The van der Waals surface area contributed by atoms with Crippen LogP contribution in [0.15, 0.2) is 29.1 Å². The van der Waals surface area contributed by atoms with E-state index in [2.05, 4.69) is 0 Å². The van der Waals surface area contributed by atoms with Gasteiger partial charge in [0, 0.05) is 5.56 Å². The summed E-state index contributed by atoms with van der Waals surface area (Å²) < 4.78 is 4.88. The van der Waals surface area contributed by atoms with Crippen LogP contribution >= 0.6 is 0 Å². The van der Waals surface area contributed by atoms with Crippen molar-refractivity contribution in [3.8, 4) is 0 Å². The molecule has 0 aliphatic heterocycles. The Morgan fingerprint density at radius 3 is 3.08 bits per heavy atom. The van der Waals surface area contributed by atoms with Gasteiger partial charge in [-0.2, -0.15) is 0 Å². The lowest BCUT2D eigenvalue weighted by atomic mass is 10.2. The number of aliphatic hydroxyl groups is 1. The van der Waals surface area contributed by atoms with Gasteiger partial charge in [-0.05, 0) is 18.9 Å². The molecule has 1 aromatic heterocycles. The second-order valence-electron chi connectivity index (χ2n) is 2.76. The Morgan fingerprint density at radius 1 is 1.67 bits per heavy atom. The van der Waals surface area contributed by atoms with Crippen molar-refractivity contribution in [2.75, 3.05) is 0 Å². The molecule has 1 unspecified atom stereocenters. The highest BCUT2D eigenvalue weighted by molar-refractivity contribution is 5.46. The zero-order chi connectivity index (χ0) is 8.81. The minimum Gasteiger partial charge on any atom is -0.472 e. The molecular formula is C10H14O2. The first-order valence-electron chi connectivity index (χ1n) is 4.19. The van der Waals surface area contributed by atoms with Crippen LogP contribution in [0.2, 0.25) is 0 Å². The first-order valence-corrected chi connectivity index (χ1v) is 4.19. The standard InChI is InChI=1S/C10H14O2/c1-2-10(11)5-3-4-9-6-7-12-8-9/h3-4,6-8,10-11H,2,5H2,1H3/b4-3+. The van der Waals surface area contributed by atoms with E-state index in [1.807, 2.05) is 25.1 Å². The fourth-order valence-electron chi connectivity index (χ4n) is 0.898. The fourth-order valence-corrected chi connectivity index (χ4v) is 0.898. The van der Waals surface area contributed by atoms with Gasteiger partial charge in [0.05, 0.1) is 18.6 Å². The molecule has 1 N–H and O–H groups in total. The van der Waals surface area contributed by atoms with Crippen LogP contribution in [0.4, 0.5) is 0 Å². The van der Waals surface area contributed by atoms with Crippen molar-refractivity contribution in [1.29, 1.82) is 0 Å². The Morgan fingerprint density at radius 2 is 2.50 bits per heavy atom. The van der Waals surface area contributed by atoms with Gasteiger partial charge >= 0.3 is 0 Å². The van der Waals surface area contributed by atoms with Crippen LogP contribution < -0.4 is 0 Å². The third-order valence-corrected chi connectivity index (χ3v) is 1.73. The topological polar surface area (TPSA) is 33.4 Å². The summed E-state index contributed by atoms with van der Waals surface area (Å²) in [5.41, 5.74) is 1.04. The highest BCUT2D eigenvalue weighted by atomic mass is 16.3. The highest BCUT2D eigenvalue weighted by Gasteiger charge is 1.95. The maximum atomic E-state index is 9.21. The van der Waals surface area contributed by atoms with Crippen molar-refractivity contribution >= 4 is 6.08 Å². The van der Waals surface area contributed by atoms with Crippen LogP contribution in [0.1, 0.15) is 25.3 Å². The van der Waals surface area contributed by atoms with Gasteiger partial charge in [-0.25, -0.2) is 0 Å². The predicted molar refractivity (Wildman–Crippen MR) is 48.7 cm³/mol. The van der Waals surface area contributed by atoms with Crippen molar-refractivity contribution in [3.63, 3.8) is 0 Å². The molecule has 0 radical (unpaired) electrons. The number of hydrogen-bond acceptors (Lipinski definition) is 2. The largest absolute Gasteiger partial charge is 0.472 e. The SMILES string of the molecule is CCC(O)C/C=C/c1ccoc1. The van der Waals surface area contributed by atoms with E-state index in [1.165, 1.54) is 0 Å². The van der Waals surface area contributed by atoms with Gasteiger partial charge < -0.3 is 9.52 Å². The zero-order valence-corrected chi connectivity index (χ0v) is 7.23. The summed E-state index contributed by atoms with van der Waals surface area (Å²) >= 11 is 0. The van der Waals surface area contributed by atoms with Gasteiger partial charge in [0.25, 0.3) is 0 Å². The van der Waals surface area contributed by atoms with Gasteiger partial charge in [0.15, 0.2) is 0 Å². The molecule has 1 aromatic rings. The lowest BCUT2D eigenvalue weighted by molar-refractivity contribution is 0.174. The van der Waals surface area contributed by atoms with E-state index >= 15 is 0 Å². The van der Waals surface area contributed by atoms with E-state index in [0.29, 0.717) is 6.42 Å². The summed E-state index contributed by atoms with van der Waals surface area (Å²) in [6, 6.07) is 1.88. The molecule has 1 rings (SSSR count). The third kappa shape index (κ3) is 2.93. The summed E-state index contributed by atoms with van der Waals surface area (Å²) in [5, 5.41) is 9.21. The Balaban J connectivity index is 2.32. The van der Waals surface area contributed by atoms with Crippen LogP contribution in [-0.4, -0.2) is 11.2 Å². The van der Waals surface area contributed by atoms with Crippen LogP contribution in [0, 0.1) is 0 Å². The first kappa shape index (κ1) is 9.07. The number of hydrogen-bond donors (Lipinski definition) is 1. The fraction of sp³-hybridized carbons (Fsp3) is 0.400. The van der Waals surface area contributed by atoms with Crippen LogP contribution in [0.25, 0.3) is 6.08 Å². The molecule has 0 amide bonds. The van der Waals surface area contributed by atoms with Gasteiger partial charge in [0.2, 0.25) is 0 Å². The molecule has 2 nitrogen and oxygen atoms in total. The summed E-state index contributed by atoms with van der Waals surface area (Å²) in [4.78, 5) is 0. The number of furan rings is 1. The Hall–Kier alpha value is -1.02. The lowest BCUT2D eigenvalue weighted by Crippen LogP contribution is -2.00. The maximum Gasteiger partial charge on any atom is 0.0974 e. The van der Waals surface area contributed by atoms with Gasteiger partial charge in [-0.3, -0.25) is 0 Å². The molecule has 12 heavy (non-hydrogen) atoms. The van der Waals surface area contributed by atoms with Crippen molar-refractivity contribution in [1.82, 2.24) is 0 Å². The molecule has 0 saturated heterocycles. The van der Waals surface area contributed by atoms with E-state index in [1.54, 1.807) is 12.5 Å². The van der Waals surface area contributed by atoms with Gasteiger partial charge in [-0.15, -0.1) is 0 Å². The van der Waals surface area contributed by atoms with E-state index in [4.69, 9.17) is 4.42 Å². The smallest absolute Gasteiger partial charge is 0.0974 e. The van der Waals surface area contributed by atoms with E-state index in [0.717, 1.165) is 12.0 Å². The highest BCUT2D eigenvalue weighted by Crippen LogP contribution is 2.05. The molecule has 0 spiro atoms. The Kier molecular flexibility index (Phi) is 3.61. The van der Waals surface area contributed by atoms with E-state index in [9.17, 15) is 5.11 Å². The van der Waals surface area contributed by atoms with Crippen molar-refractivity contribution in [2.45, 2.75) is 25.9 Å². The number of rotatable bonds is 4. The minimum atomic E-state index is -0.215. The molecule has 0 fully saturated rings. The Labute approximate surface area is 72.5 Å². The minimum absolute atomic E-state index is 0.215. The molecule has 1 atom stereocenters. The molecule has 0 saturated carbocycles. The molecule has 0 aliphatic rings. The molecule has 0 aliphatic carbocycles. The van der Waals surface area contributed by atoms with Crippen molar-refractivity contribution in [2.24, 2.45) is 0 Å². The predicted octanol–water partition coefficient (Wildman–Crippen LogP) is 2.45. The van der Waals surface area contributed by atoms with Crippen LogP contribution in [0.3, 0.4) is 0 Å². The van der Waals surface area contributed by atoms with Crippen LogP contribution in [0.5, 0.6) is 0 Å². The first-order chi connectivity index (χ1) is 5.83. The van der Waals surface area contributed by atoms with Gasteiger partial charge in [-0.1, -0.05) is 19.1 Å². The summed E-state index contributed by atoms with van der Waals surface area (Å²) in [6.45, 7) is 1.97. The molecule has 2 heteroatoms. The monoisotopic (exact) mass is 166 g/mol. The molecule has 0 aromatic carbocycles. The molecule has 0 bridgehead atoms. The second-order valence-corrected chi connectivity index (χ2v) is 2.76. The third-order valence-electron chi connectivity index (χ3n) is 1.73. The van der Waals surface area contributed by atoms with E-state index in [-0.39, 0.29) is 6.10 Å². The molecule has 66 valence electrons. The van der Waals surface area contributed by atoms with Crippen molar-refractivity contribution in [3.05, 3.63) is 30.2 Å². The summed E-state index contributed by atoms with van der Waals surface area (Å²) in [5.74, 6) is 0. The van der Waals surface area contributed by atoms with Crippen molar-refractivity contribution < 1.29 is 9.52 Å². The molecular weight excluding hydrogens is 152 g/mol. The van der Waals surface area contributed by atoms with Crippen LogP contribution in [-0.2, 0) is 0 Å². The molecule has 1 heterocycles. The lowest BCUT2D eigenvalue weighted by Gasteiger charge is -2.00. The normalized spacial score (nSPS) is 13.8.